The zero-order valence-corrected chi connectivity index (χ0v) is 8.60. The Morgan fingerprint density at radius 3 is 2.73 bits per heavy atom. The van der Waals surface area contributed by atoms with Crippen LogP contribution in [-0.2, 0) is 0 Å². The van der Waals surface area contributed by atoms with Crippen LogP contribution in [0, 0.1) is 22.9 Å². The lowest BCUT2D eigenvalue weighted by atomic mass is 10.1. The largest absolute Gasteiger partial charge is 0.376 e. The molecule has 1 aromatic rings. The number of nitrogens with zero attached hydrogens (tertiary/aromatic N) is 1. The minimum Gasteiger partial charge on any atom is -0.376 e. The van der Waals surface area contributed by atoms with E-state index >= 15 is 0 Å². The molecule has 0 heterocycles. The summed E-state index contributed by atoms with van der Waals surface area (Å²) in [7, 11) is 0. The predicted molar refractivity (Wildman–Crippen MR) is 58.2 cm³/mol. The van der Waals surface area contributed by atoms with Gasteiger partial charge in [-0.3, -0.25) is 10.1 Å². The summed E-state index contributed by atoms with van der Waals surface area (Å²) >= 11 is 4.57. The number of rotatable bonds is 2. The molecular weight excluding hydrogens is 221 g/mol. The van der Waals surface area contributed by atoms with Crippen LogP contribution in [0.15, 0.2) is 12.1 Å². The van der Waals surface area contributed by atoms with Crippen molar-refractivity contribution in [2.24, 2.45) is 5.73 Å². The Morgan fingerprint density at radius 1 is 1.67 bits per heavy atom. The molecule has 0 aromatic heterocycles. The predicted octanol–water partition coefficient (Wildman–Crippen LogP) is 1.70. The zero-order chi connectivity index (χ0) is 11.6. The molecule has 1 rings (SSSR count). The van der Waals surface area contributed by atoms with Crippen molar-refractivity contribution >= 4 is 28.7 Å². The number of nitro groups is 1. The monoisotopic (exact) mass is 229 g/mol. The normalized spacial score (nSPS) is 9.73. The van der Waals surface area contributed by atoms with Crippen LogP contribution >= 0.6 is 12.2 Å². The number of hydrogen-bond donors (Lipinski definition) is 2. The van der Waals surface area contributed by atoms with Crippen molar-refractivity contribution in [1.82, 2.24) is 0 Å². The Bertz CT molecular complexity index is 436. The van der Waals surface area contributed by atoms with Crippen LogP contribution < -0.4 is 11.1 Å². The maximum absolute atomic E-state index is 12.9. The summed E-state index contributed by atoms with van der Waals surface area (Å²) in [6.07, 6.45) is 0. The van der Waals surface area contributed by atoms with E-state index in [1.807, 2.05) is 0 Å². The summed E-state index contributed by atoms with van der Waals surface area (Å²) in [6, 6.07) is 1.97. The van der Waals surface area contributed by atoms with Crippen LogP contribution in [0.4, 0.5) is 15.8 Å². The first-order valence-electron chi connectivity index (χ1n) is 3.93. The number of benzene rings is 1. The Morgan fingerprint density at radius 2 is 2.27 bits per heavy atom. The smallest absolute Gasteiger partial charge is 0.295 e. The molecule has 0 saturated carbocycles. The van der Waals surface area contributed by atoms with Crippen molar-refractivity contribution in [2.75, 3.05) is 5.32 Å². The number of nitrogens with one attached hydrogen (secondary N) is 1. The molecule has 0 aliphatic heterocycles. The van der Waals surface area contributed by atoms with Crippen molar-refractivity contribution in [3.8, 4) is 0 Å². The van der Waals surface area contributed by atoms with Gasteiger partial charge in [-0.15, -0.1) is 0 Å². The van der Waals surface area contributed by atoms with E-state index in [4.69, 9.17) is 5.73 Å². The summed E-state index contributed by atoms with van der Waals surface area (Å²) in [5.41, 5.74) is 5.31. The van der Waals surface area contributed by atoms with Gasteiger partial charge in [0.2, 0.25) is 0 Å². The molecule has 0 spiro atoms. The second kappa shape index (κ2) is 4.18. The van der Waals surface area contributed by atoms with Gasteiger partial charge >= 0.3 is 0 Å². The number of nitrogens with two attached hydrogens (primary N) is 1. The standard InChI is InChI=1S/C8H8FN3O2S/c1-4-2-5(9)3-6(12(13)14)7(4)11-8(10)15/h2-3H,1H3,(H3,10,11,15). The van der Waals surface area contributed by atoms with Crippen LogP contribution in [-0.4, -0.2) is 10.0 Å². The number of thiocarbonyl (C=S) groups is 1. The molecule has 80 valence electrons. The topological polar surface area (TPSA) is 81.2 Å². The van der Waals surface area contributed by atoms with Gasteiger partial charge in [0.05, 0.1) is 11.0 Å². The van der Waals surface area contributed by atoms with Gasteiger partial charge in [0, 0.05) is 0 Å². The minimum atomic E-state index is -0.698. The highest BCUT2D eigenvalue weighted by atomic mass is 32.1. The lowest BCUT2D eigenvalue weighted by Crippen LogP contribution is -2.20. The van der Waals surface area contributed by atoms with Crippen molar-refractivity contribution in [3.63, 3.8) is 0 Å². The molecule has 3 N–H and O–H groups in total. The summed E-state index contributed by atoms with van der Waals surface area (Å²) in [5, 5.41) is 13.0. The first-order valence-corrected chi connectivity index (χ1v) is 4.33. The van der Waals surface area contributed by atoms with Crippen LogP contribution in [0.1, 0.15) is 5.56 Å². The van der Waals surface area contributed by atoms with Crippen LogP contribution in [0.3, 0.4) is 0 Å². The molecule has 1 aromatic carbocycles. The van der Waals surface area contributed by atoms with E-state index in [-0.39, 0.29) is 16.5 Å². The van der Waals surface area contributed by atoms with Gasteiger partial charge in [-0.2, -0.15) is 0 Å². The van der Waals surface area contributed by atoms with E-state index in [2.05, 4.69) is 17.5 Å². The van der Waals surface area contributed by atoms with Crippen LogP contribution in [0.2, 0.25) is 0 Å². The first kappa shape index (κ1) is 11.3. The molecule has 0 bridgehead atoms. The third-order valence-corrected chi connectivity index (χ3v) is 1.83. The maximum atomic E-state index is 12.9. The second-order valence-corrected chi connectivity index (χ2v) is 3.30. The van der Waals surface area contributed by atoms with Crippen molar-refractivity contribution in [3.05, 3.63) is 33.6 Å². The highest BCUT2D eigenvalue weighted by Gasteiger charge is 2.18. The van der Waals surface area contributed by atoms with E-state index in [9.17, 15) is 14.5 Å². The number of aryl methyl sites for hydroxylation is 1. The Balaban J connectivity index is 3.33. The Kier molecular flexibility index (Phi) is 3.15. The average molecular weight is 229 g/mol. The summed E-state index contributed by atoms with van der Waals surface area (Å²) < 4.78 is 12.9. The SMILES string of the molecule is Cc1cc(F)cc([N+](=O)[O-])c1NC(N)=S. The highest BCUT2D eigenvalue weighted by Crippen LogP contribution is 2.28. The third kappa shape index (κ3) is 2.59. The van der Waals surface area contributed by atoms with Crippen molar-refractivity contribution in [2.45, 2.75) is 6.92 Å². The molecule has 7 heteroatoms. The average Bonchev–Trinajstić information content (AvgIpc) is 2.08. The Hall–Kier alpha value is -1.76. The van der Waals surface area contributed by atoms with Gasteiger partial charge in [0.1, 0.15) is 11.5 Å². The third-order valence-electron chi connectivity index (χ3n) is 1.72. The number of halogens is 1. The lowest BCUT2D eigenvalue weighted by Gasteiger charge is -2.08. The molecular formula is C8H8FN3O2S. The van der Waals surface area contributed by atoms with Gasteiger partial charge in [-0.25, -0.2) is 4.39 Å². The number of nitro benzene ring substituents is 1. The molecule has 0 atom stereocenters. The molecule has 15 heavy (non-hydrogen) atoms. The van der Waals surface area contributed by atoms with Gasteiger partial charge in [0.15, 0.2) is 5.11 Å². The quantitative estimate of drug-likeness (QED) is 0.458. The molecule has 0 aliphatic carbocycles. The van der Waals surface area contributed by atoms with E-state index < -0.39 is 10.7 Å². The molecule has 0 radical (unpaired) electrons. The minimum absolute atomic E-state index is 0.104. The summed E-state index contributed by atoms with van der Waals surface area (Å²) in [6.45, 7) is 1.52. The molecule has 0 unspecified atom stereocenters. The maximum Gasteiger partial charge on any atom is 0.295 e. The van der Waals surface area contributed by atoms with Crippen molar-refractivity contribution < 1.29 is 9.31 Å². The van der Waals surface area contributed by atoms with Crippen molar-refractivity contribution in [1.29, 1.82) is 0 Å². The molecule has 0 amide bonds. The molecule has 0 fully saturated rings. The lowest BCUT2D eigenvalue weighted by molar-refractivity contribution is -0.384. The van der Waals surface area contributed by atoms with E-state index in [0.717, 1.165) is 12.1 Å². The first-order chi connectivity index (χ1) is 6.91. The fourth-order valence-electron chi connectivity index (χ4n) is 1.16. The number of hydrogen-bond acceptors (Lipinski definition) is 3. The fraction of sp³-hybridized carbons (Fsp3) is 0.125. The van der Waals surface area contributed by atoms with E-state index in [1.54, 1.807) is 0 Å². The Labute approximate surface area is 90.2 Å². The van der Waals surface area contributed by atoms with E-state index in [0.29, 0.717) is 5.56 Å². The molecule has 5 nitrogen and oxygen atoms in total. The highest BCUT2D eigenvalue weighted by molar-refractivity contribution is 7.80. The van der Waals surface area contributed by atoms with Gasteiger partial charge < -0.3 is 11.1 Å². The molecule has 0 aliphatic rings. The molecule has 0 saturated heterocycles. The number of anilines is 1. The van der Waals surface area contributed by atoms with Gasteiger partial charge in [-0.1, -0.05) is 0 Å². The summed E-state index contributed by atoms with van der Waals surface area (Å²) in [5.74, 6) is -0.673. The zero-order valence-electron chi connectivity index (χ0n) is 7.78. The van der Waals surface area contributed by atoms with Crippen LogP contribution in [0.5, 0.6) is 0 Å². The van der Waals surface area contributed by atoms with E-state index in [1.165, 1.54) is 6.92 Å². The second-order valence-electron chi connectivity index (χ2n) is 2.86. The fourth-order valence-corrected chi connectivity index (χ4v) is 1.26. The summed E-state index contributed by atoms with van der Waals surface area (Å²) in [4.78, 5) is 9.92. The van der Waals surface area contributed by atoms with Crippen LogP contribution in [0.25, 0.3) is 0 Å². The van der Waals surface area contributed by atoms with Gasteiger partial charge in [0.25, 0.3) is 5.69 Å². The van der Waals surface area contributed by atoms with Gasteiger partial charge in [-0.05, 0) is 30.8 Å².